The number of halogens is 3. The number of benzene rings is 1. The minimum Gasteiger partial charge on any atom is -0.489 e. The number of aryl methyl sites for hydroxylation is 1. The zero-order valence-electron chi connectivity index (χ0n) is 16.5. The molecule has 1 heterocycles. The van der Waals surface area contributed by atoms with Crippen LogP contribution in [0.4, 0.5) is 19.1 Å². The van der Waals surface area contributed by atoms with E-state index >= 15 is 0 Å². The van der Waals surface area contributed by atoms with Crippen LogP contribution in [0, 0.1) is 6.92 Å². The van der Waals surface area contributed by atoms with Crippen LogP contribution in [-0.2, 0) is 6.18 Å². The number of anilines is 1. The van der Waals surface area contributed by atoms with Gasteiger partial charge in [0, 0.05) is 26.3 Å². The molecule has 2 rings (SSSR count). The molecule has 10 heteroatoms. The Morgan fingerprint density at radius 2 is 1.93 bits per heavy atom. The predicted octanol–water partition coefficient (Wildman–Crippen LogP) is 2.85. The molecule has 0 bridgehead atoms. The Bertz CT molecular complexity index is 813. The first kappa shape index (κ1) is 22.3. The Hall–Kier alpha value is -3.04. The van der Waals surface area contributed by atoms with Gasteiger partial charge in [-0.3, -0.25) is 4.99 Å². The van der Waals surface area contributed by atoms with Gasteiger partial charge in [-0.2, -0.15) is 13.2 Å². The normalized spacial score (nSPS) is 13.0. The van der Waals surface area contributed by atoms with Crippen LogP contribution < -0.4 is 20.7 Å². The van der Waals surface area contributed by atoms with Crippen molar-refractivity contribution in [3.8, 4) is 5.75 Å². The summed E-state index contributed by atoms with van der Waals surface area (Å²) in [7, 11) is 1.63. The fourth-order valence-corrected chi connectivity index (χ4v) is 2.37. The summed E-state index contributed by atoms with van der Waals surface area (Å²) in [4.78, 5) is 11.3. The van der Waals surface area contributed by atoms with Crippen LogP contribution in [0.3, 0.4) is 0 Å². The van der Waals surface area contributed by atoms with E-state index in [1.54, 1.807) is 7.05 Å². The summed E-state index contributed by atoms with van der Waals surface area (Å²) >= 11 is 0. The van der Waals surface area contributed by atoms with Gasteiger partial charge in [0.25, 0.3) is 0 Å². The Morgan fingerprint density at radius 3 is 2.62 bits per heavy atom. The van der Waals surface area contributed by atoms with E-state index in [-0.39, 0.29) is 12.1 Å². The number of hydrogen-bond acceptors (Lipinski definition) is 5. The lowest BCUT2D eigenvalue weighted by Gasteiger charge is -2.19. The second kappa shape index (κ2) is 10.5. The zero-order chi connectivity index (χ0) is 21.3. The van der Waals surface area contributed by atoms with E-state index in [0.29, 0.717) is 25.6 Å². The third-order valence-corrected chi connectivity index (χ3v) is 3.85. The molecular formula is C19H25F3N6O. The molecule has 1 aromatic heterocycles. The first-order valence-electron chi connectivity index (χ1n) is 9.10. The van der Waals surface area contributed by atoms with Crippen molar-refractivity contribution in [2.24, 2.45) is 4.99 Å². The number of nitrogens with zero attached hydrogens (tertiary/aromatic N) is 3. The van der Waals surface area contributed by atoms with Gasteiger partial charge in [-0.25, -0.2) is 9.97 Å². The fourth-order valence-electron chi connectivity index (χ4n) is 2.37. The largest absolute Gasteiger partial charge is 0.489 e. The molecule has 0 aliphatic rings. The molecule has 1 atom stereocenters. The van der Waals surface area contributed by atoms with Crippen LogP contribution in [-0.4, -0.2) is 48.7 Å². The third kappa shape index (κ3) is 7.47. The molecule has 29 heavy (non-hydrogen) atoms. The Labute approximate surface area is 167 Å². The van der Waals surface area contributed by atoms with Crippen LogP contribution in [0.25, 0.3) is 0 Å². The Balaban J connectivity index is 1.72. The van der Waals surface area contributed by atoms with Crippen molar-refractivity contribution in [2.75, 3.05) is 32.0 Å². The second-order valence-electron chi connectivity index (χ2n) is 6.26. The lowest BCUT2D eigenvalue weighted by molar-refractivity contribution is -0.141. The number of rotatable bonds is 8. The zero-order valence-corrected chi connectivity index (χ0v) is 16.5. The number of aliphatic imine (C=N–C) groups is 1. The average Bonchev–Trinajstić information content (AvgIpc) is 2.69. The Kier molecular flexibility index (Phi) is 8.05. The van der Waals surface area contributed by atoms with Gasteiger partial charge in [-0.05, 0) is 31.5 Å². The van der Waals surface area contributed by atoms with Gasteiger partial charge >= 0.3 is 6.18 Å². The Morgan fingerprint density at radius 1 is 1.17 bits per heavy atom. The lowest BCUT2D eigenvalue weighted by atomic mass is 10.2. The summed E-state index contributed by atoms with van der Waals surface area (Å²) in [6.45, 7) is 5.18. The van der Waals surface area contributed by atoms with Gasteiger partial charge in [0.05, 0.1) is 6.54 Å². The molecule has 0 amide bonds. The van der Waals surface area contributed by atoms with Gasteiger partial charge in [-0.1, -0.05) is 18.2 Å². The maximum Gasteiger partial charge on any atom is 0.433 e. The monoisotopic (exact) mass is 410 g/mol. The highest BCUT2D eigenvalue weighted by atomic mass is 19.4. The number of alkyl halides is 3. The van der Waals surface area contributed by atoms with Gasteiger partial charge < -0.3 is 20.7 Å². The average molecular weight is 410 g/mol. The molecule has 0 spiro atoms. The van der Waals surface area contributed by atoms with Crippen molar-refractivity contribution in [1.82, 2.24) is 20.6 Å². The second-order valence-corrected chi connectivity index (χ2v) is 6.26. The van der Waals surface area contributed by atoms with E-state index < -0.39 is 11.9 Å². The molecule has 0 saturated carbocycles. The molecule has 0 aliphatic heterocycles. The van der Waals surface area contributed by atoms with E-state index in [4.69, 9.17) is 4.74 Å². The van der Waals surface area contributed by atoms with E-state index in [9.17, 15) is 13.2 Å². The van der Waals surface area contributed by atoms with E-state index in [1.165, 1.54) is 0 Å². The van der Waals surface area contributed by atoms with Crippen LogP contribution >= 0.6 is 0 Å². The van der Waals surface area contributed by atoms with E-state index in [1.807, 2.05) is 38.1 Å². The van der Waals surface area contributed by atoms with Crippen molar-refractivity contribution in [2.45, 2.75) is 26.1 Å². The summed E-state index contributed by atoms with van der Waals surface area (Å²) in [5.41, 5.74) is 0.0767. The molecular weight excluding hydrogens is 385 g/mol. The van der Waals surface area contributed by atoms with Crippen molar-refractivity contribution in [1.29, 1.82) is 0 Å². The number of guanidine groups is 1. The number of hydrogen-bond donors (Lipinski definition) is 3. The molecule has 0 fully saturated rings. The molecule has 158 valence electrons. The lowest BCUT2D eigenvalue weighted by Crippen LogP contribution is -2.43. The highest BCUT2D eigenvalue weighted by molar-refractivity contribution is 5.79. The van der Waals surface area contributed by atoms with Crippen LogP contribution in [0.5, 0.6) is 5.75 Å². The maximum absolute atomic E-state index is 12.7. The minimum absolute atomic E-state index is 0.0789. The molecule has 0 saturated heterocycles. The summed E-state index contributed by atoms with van der Waals surface area (Å²) in [5.74, 6) is 1.30. The molecule has 3 N–H and O–H groups in total. The molecule has 1 aromatic carbocycles. The predicted molar refractivity (Wildman–Crippen MR) is 106 cm³/mol. The summed E-state index contributed by atoms with van der Waals surface area (Å²) < 4.78 is 43.9. The maximum atomic E-state index is 12.7. The highest BCUT2D eigenvalue weighted by Crippen LogP contribution is 2.27. The smallest absolute Gasteiger partial charge is 0.433 e. The van der Waals surface area contributed by atoms with Crippen LogP contribution in [0.15, 0.2) is 41.5 Å². The van der Waals surface area contributed by atoms with Crippen molar-refractivity contribution < 1.29 is 17.9 Å². The standard InChI is InChI=1S/C19H25F3N6O/c1-13-6-4-5-7-15(13)29-14(2)12-27-17(23-3)25-10-11-26-18-24-9-8-16(28-18)19(20,21)22/h4-9,14H,10-12H2,1-3H3,(H2,23,25,27)(H,24,26,28). The number of nitrogens with one attached hydrogen (secondary N) is 3. The first-order valence-corrected chi connectivity index (χ1v) is 9.10. The summed E-state index contributed by atoms with van der Waals surface area (Å²) in [6.07, 6.45) is -3.52. The van der Waals surface area contributed by atoms with Crippen molar-refractivity contribution >= 4 is 11.9 Å². The molecule has 7 nitrogen and oxygen atoms in total. The SMILES string of the molecule is CN=C(NCCNc1nccc(C(F)(F)F)n1)NCC(C)Oc1ccccc1C. The first-order chi connectivity index (χ1) is 13.8. The quantitative estimate of drug-likeness (QED) is 0.353. The van der Waals surface area contributed by atoms with E-state index in [0.717, 1.165) is 23.6 Å². The topological polar surface area (TPSA) is 83.5 Å². The minimum atomic E-state index is -4.50. The van der Waals surface area contributed by atoms with Crippen LogP contribution in [0.2, 0.25) is 0 Å². The van der Waals surface area contributed by atoms with Gasteiger partial charge in [0.2, 0.25) is 5.95 Å². The van der Waals surface area contributed by atoms with Gasteiger partial charge in [0.15, 0.2) is 5.96 Å². The van der Waals surface area contributed by atoms with Crippen LogP contribution in [0.1, 0.15) is 18.2 Å². The summed E-state index contributed by atoms with van der Waals surface area (Å²) in [6, 6.07) is 8.60. The van der Waals surface area contributed by atoms with Gasteiger partial charge in [-0.15, -0.1) is 0 Å². The number of aromatic nitrogens is 2. The van der Waals surface area contributed by atoms with Crippen molar-refractivity contribution in [3.63, 3.8) is 0 Å². The number of ether oxygens (including phenoxy) is 1. The van der Waals surface area contributed by atoms with Gasteiger partial charge in [0.1, 0.15) is 17.5 Å². The third-order valence-electron chi connectivity index (χ3n) is 3.85. The molecule has 2 aromatic rings. The molecule has 0 aliphatic carbocycles. The fraction of sp³-hybridized carbons (Fsp3) is 0.421. The molecule has 0 radical (unpaired) electrons. The number of para-hydroxylation sites is 1. The summed E-state index contributed by atoms with van der Waals surface area (Å²) in [5, 5.41) is 8.95. The molecule has 1 unspecified atom stereocenters. The van der Waals surface area contributed by atoms with Crippen molar-refractivity contribution in [3.05, 3.63) is 47.8 Å². The van der Waals surface area contributed by atoms with E-state index in [2.05, 4.69) is 30.9 Å². The highest BCUT2D eigenvalue weighted by Gasteiger charge is 2.32.